The van der Waals surface area contributed by atoms with Gasteiger partial charge in [-0.1, -0.05) is 322 Å². The van der Waals surface area contributed by atoms with E-state index in [1.165, 1.54) is 154 Å². The Labute approximate surface area is 513 Å². The third kappa shape index (κ3) is 68.5. The highest BCUT2D eigenvalue weighted by Gasteiger charge is 2.19. The van der Waals surface area contributed by atoms with Crippen LogP contribution >= 0.6 is 0 Å². The maximum atomic E-state index is 13.0. The predicted molar refractivity (Wildman–Crippen MR) is 362 cm³/mol. The summed E-state index contributed by atoms with van der Waals surface area (Å²) in [6.07, 6.45) is 97.8. The van der Waals surface area contributed by atoms with Gasteiger partial charge >= 0.3 is 17.9 Å². The Hall–Kier alpha value is -4.19. The molecule has 6 heteroatoms. The fourth-order valence-electron chi connectivity index (χ4n) is 9.79. The second-order valence-corrected chi connectivity index (χ2v) is 23.0. The van der Waals surface area contributed by atoms with Crippen molar-refractivity contribution in [2.45, 2.75) is 335 Å². The van der Waals surface area contributed by atoms with Gasteiger partial charge in [-0.05, 0) is 109 Å². The van der Waals surface area contributed by atoms with Gasteiger partial charge in [0, 0.05) is 19.3 Å². The third-order valence-corrected chi connectivity index (χ3v) is 15.0. The molecule has 0 amide bonds. The number of hydrogen-bond acceptors (Lipinski definition) is 6. The van der Waals surface area contributed by atoms with E-state index in [4.69, 9.17) is 14.2 Å². The standard InChI is InChI=1S/C77H130O6/c1-4-7-10-13-16-19-22-25-28-31-33-34-35-36-37-38-39-40-41-42-44-46-49-52-55-58-61-64-67-70-76(79)82-73-74(72-81-75(78)69-66-63-60-57-54-51-48-45-30-27-24-21-18-15-12-9-6-3)83-77(80)71-68-65-62-59-56-53-50-47-43-32-29-26-23-20-17-14-11-8-5-2/h7,9-10,12,16,18-19,21,25,27-28,30,33-34,36-37,39-40,42,44,74H,4-6,8,11,13-15,17,20,22-24,26,29,31-32,35,38,41,43,45-73H2,1-3H3/b10-7-,12-9-,19-16-,21-18-,28-25-,30-27-,34-33-,37-36-,40-39-,44-42-. The van der Waals surface area contributed by atoms with E-state index in [2.05, 4.69) is 142 Å². The van der Waals surface area contributed by atoms with E-state index in [1.54, 1.807) is 0 Å². The number of unbranched alkanes of at least 4 members (excludes halogenated alkanes) is 32. The lowest BCUT2D eigenvalue weighted by molar-refractivity contribution is -0.167. The number of rotatable bonds is 63. The lowest BCUT2D eigenvalue weighted by Gasteiger charge is -2.18. The Morgan fingerprint density at radius 1 is 0.253 bits per heavy atom. The fraction of sp³-hybridized carbons (Fsp3) is 0.701. The molecule has 0 N–H and O–H groups in total. The van der Waals surface area contributed by atoms with Crippen LogP contribution in [-0.4, -0.2) is 37.2 Å². The molecule has 0 aromatic carbocycles. The number of allylic oxidation sites excluding steroid dienone is 20. The molecule has 0 aromatic heterocycles. The smallest absolute Gasteiger partial charge is 0.306 e. The first-order valence-electron chi connectivity index (χ1n) is 35.0. The molecule has 1 atom stereocenters. The summed E-state index contributed by atoms with van der Waals surface area (Å²) >= 11 is 0. The molecule has 0 heterocycles. The van der Waals surface area contributed by atoms with E-state index in [0.717, 1.165) is 135 Å². The number of carbonyl (C=O) groups is 3. The van der Waals surface area contributed by atoms with Crippen LogP contribution in [0.25, 0.3) is 0 Å². The van der Waals surface area contributed by atoms with Crippen LogP contribution in [-0.2, 0) is 28.6 Å². The molecule has 0 aliphatic carbocycles. The van der Waals surface area contributed by atoms with Gasteiger partial charge in [0.25, 0.3) is 0 Å². The molecule has 0 fully saturated rings. The summed E-state index contributed by atoms with van der Waals surface area (Å²) in [7, 11) is 0. The summed E-state index contributed by atoms with van der Waals surface area (Å²) in [4.78, 5) is 38.5. The molecule has 474 valence electrons. The first-order chi connectivity index (χ1) is 41.0. The molecule has 0 spiro atoms. The monoisotopic (exact) mass is 1150 g/mol. The molecule has 0 rings (SSSR count). The highest BCUT2D eigenvalue weighted by Crippen LogP contribution is 2.17. The lowest BCUT2D eigenvalue weighted by atomic mass is 10.0. The molecule has 0 saturated carbocycles. The molecule has 0 aliphatic rings. The van der Waals surface area contributed by atoms with Gasteiger partial charge in [-0.3, -0.25) is 14.4 Å². The molecule has 6 nitrogen and oxygen atoms in total. The van der Waals surface area contributed by atoms with E-state index in [0.29, 0.717) is 19.3 Å². The Morgan fingerprint density at radius 3 is 0.735 bits per heavy atom. The van der Waals surface area contributed by atoms with Crippen molar-refractivity contribution < 1.29 is 28.6 Å². The molecular weight excluding hydrogens is 1020 g/mol. The van der Waals surface area contributed by atoms with Gasteiger partial charge in [-0.25, -0.2) is 0 Å². The fourth-order valence-corrected chi connectivity index (χ4v) is 9.79. The average molecular weight is 1150 g/mol. The number of hydrogen-bond donors (Lipinski definition) is 0. The van der Waals surface area contributed by atoms with Crippen LogP contribution in [0.3, 0.4) is 0 Å². The summed E-state index contributed by atoms with van der Waals surface area (Å²) in [5, 5.41) is 0. The summed E-state index contributed by atoms with van der Waals surface area (Å²) in [6, 6.07) is 0. The molecule has 0 aromatic rings. The summed E-state index contributed by atoms with van der Waals surface area (Å²) < 4.78 is 17.0. The van der Waals surface area contributed by atoms with Gasteiger partial charge in [0.05, 0.1) is 0 Å². The largest absolute Gasteiger partial charge is 0.462 e. The summed E-state index contributed by atoms with van der Waals surface area (Å²) in [5.41, 5.74) is 0. The summed E-state index contributed by atoms with van der Waals surface area (Å²) in [5.74, 6) is -0.892. The average Bonchev–Trinajstić information content (AvgIpc) is 3.49. The van der Waals surface area contributed by atoms with Crippen molar-refractivity contribution in [2.75, 3.05) is 13.2 Å². The van der Waals surface area contributed by atoms with Gasteiger partial charge in [0.15, 0.2) is 6.10 Å². The predicted octanol–water partition coefficient (Wildman–Crippen LogP) is 24.3. The molecule has 1 unspecified atom stereocenters. The van der Waals surface area contributed by atoms with Gasteiger partial charge in [0.1, 0.15) is 13.2 Å². The van der Waals surface area contributed by atoms with Crippen molar-refractivity contribution in [2.24, 2.45) is 0 Å². The first kappa shape index (κ1) is 78.8. The number of carbonyl (C=O) groups excluding carboxylic acids is 3. The van der Waals surface area contributed by atoms with Crippen LogP contribution in [0.2, 0.25) is 0 Å². The zero-order valence-corrected chi connectivity index (χ0v) is 54.4. The van der Waals surface area contributed by atoms with Crippen molar-refractivity contribution in [3.8, 4) is 0 Å². The maximum Gasteiger partial charge on any atom is 0.306 e. The minimum Gasteiger partial charge on any atom is -0.462 e. The zero-order valence-electron chi connectivity index (χ0n) is 54.4. The first-order valence-corrected chi connectivity index (χ1v) is 35.0. The Kier molecular flexibility index (Phi) is 66.7. The molecule has 0 radical (unpaired) electrons. The number of ether oxygens (including phenoxy) is 3. The van der Waals surface area contributed by atoms with Crippen LogP contribution in [0.5, 0.6) is 0 Å². The van der Waals surface area contributed by atoms with E-state index < -0.39 is 6.10 Å². The Balaban J connectivity index is 4.37. The van der Waals surface area contributed by atoms with Crippen LogP contribution in [0.4, 0.5) is 0 Å². The van der Waals surface area contributed by atoms with E-state index >= 15 is 0 Å². The minimum atomic E-state index is -0.790. The molecule has 83 heavy (non-hydrogen) atoms. The van der Waals surface area contributed by atoms with Gasteiger partial charge in [-0.15, -0.1) is 0 Å². The molecule has 0 saturated heterocycles. The van der Waals surface area contributed by atoms with Crippen molar-refractivity contribution >= 4 is 17.9 Å². The second-order valence-electron chi connectivity index (χ2n) is 23.0. The van der Waals surface area contributed by atoms with Crippen molar-refractivity contribution in [1.29, 1.82) is 0 Å². The quantitative estimate of drug-likeness (QED) is 0.0261. The third-order valence-electron chi connectivity index (χ3n) is 15.0. The maximum absolute atomic E-state index is 13.0. The minimum absolute atomic E-state index is 0.0860. The van der Waals surface area contributed by atoms with E-state index in [-0.39, 0.29) is 31.1 Å². The van der Waals surface area contributed by atoms with Crippen LogP contribution < -0.4 is 0 Å². The highest BCUT2D eigenvalue weighted by molar-refractivity contribution is 5.71. The van der Waals surface area contributed by atoms with Gasteiger partial charge in [0.2, 0.25) is 0 Å². The van der Waals surface area contributed by atoms with Crippen molar-refractivity contribution in [3.63, 3.8) is 0 Å². The van der Waals surface area contributed by atoms with Crippen molar-refractivity contribution in [3.05, 3.63) is 122 Å². The van der Waals surface area contributed by atoms with Crippen LogP contribution in [0, 0.1) is 0 Å². The normalized spacial score (nSPS) is 12.9. The van der Waals surface area contributed by atoms with E-state index in [9.17, 15) is 14.4 Å². The SMILES string of the molecule is CC/C=C\C/C=C\C/C=C\C/C=C\C/C=C\C/C=C\C/C=C\CCCCCCCCCC(=O)OCC(COC(=O)CCCCCCCCC/C=C\C/C=C\C/C=C\CC)OC(=O)CCCCCCCCCCCCCCCCCCCCC. The topological polar surface area (TPSA) is 78.9 Å². The molecule has 0 aliphatic heterocycles. The number of esters is 3. The molecule has 0 bridgehead atoms. The van der Waals surface area contributed by atoms with Gasteiger partial charge in [-0.2, -0.15) is 0 Å². The van der Waals surface area contributed by atoms with E-state index in [1.807, 2.05) is 0 Å². The zero-order chi connectivity index (χ0) is 59.9. The second kappa shape index (κ2) is 70.3. The molecular formula is C77H130O6. The van der Waals surface area contributed by atoms with Crippen LogP contribution in [0.1, 0.15) is 329 Å². The van der Waals surface area contributed by atoms with Gasteiger partial charge < -0.3 is 14.2 Å². The Morgan fingerprint density at radius 2 is 0.470 bits per heavy atom. The summed E-state index contributed by atoms with van der Waals surface area (Å²) in [6.45, 7) is 6.44. The Bertz CT molecular complexity index is 1700. The lowest BCUT2D eigenvalue weighted by Crippen LogP contribution is -2.30. The van der Waals surface area contributed by atoms with Crippen LogP contribution in [0.15, 0.2) is 122 Å². The van der Waals surface area contributed by atoms with Crippen molar-refractivity contribution in [1.82, 2.24) is 0 Å². The highest BCUT2D eigenvalue weighted by atomic mass is 16.6.